The summed E-state index contributed by atoms with van der Waals surface area (Å²) in [5, 5.41) is 3.31. The van der Waals surface area contributed by atoms with Crippen molar-refractivity contribution in [3.63, 3.8) is 0 Å². The average Bonchev–Trinajstić information content (AvgIpc) is 2.66. The van der Waals surface area contributed by atoms with Crippen LogP contribution in [0.1, 0.15) is 36.4 Å². The van der Waals surface area contributed by atoms with Crippen molar-refractivity contribution in [3.05, 3.63) is 59.7 Å². The largest absolute Gasteiger partial charge is 0.494 e. The van der Waals surface area contributed by atoms with Crippen LogP contribution < -0.4 is 20.5 Å². The second-order valence-corrected chi connectivity index (χ2v) is 6.51. The molecule has 2 aromatic rings. The van der Waals surface area contributed by atoms with Gasteiger partial charge in [-0.25, -0.2) is 0 Å². The van der Waals surface area contributed by atoms with Crippen LogP contribution in [0.4, 0.5) is 0 Å². The van der Waals surface area contributed by atoms with Gasteiger partial charge in [0.25, 0.3) is 0 Å². The van der Waals surface area contributed by atoms with E-state index in [4.69, 9.17) is 15.2 Å². The molecule has 3 rings (SSSR count). The fourth-order valence-electron chi connectivity index (χ4n) is 2.95. The number of unbranched alkanes of at least 4 members (excludes halogenated alkanes) is 1. The molecule has 26 heavy (non-hydrogen) atoms. The van der Waals surface area contributed by atoms with Crippen molar-refractivity contribution in [2.24, 2.45) is 10.7 Å². The van der Waals surface area contributed by atoms with Crippen molar-refractivity contribution in [2.45, 2.75) is 32.2 Å². The molecule has 3 N–H and O–H groups in total. The number of nitrogens with one attached hydrogen (secondary N) is 1. The van der Waals surface area contributed by atoms with E-state index in [2.05, 4.69) is 35.4 Å². The monoisotopic (exact) mass is 353 g/mol. The summed E-state index contributed by atoms with van der Waals surface area (Å²) in [7, 11) is 0. The summed E-state index contributed by atoms with van der Waals surface area (Å²) in [5.41, 5.74) is 8.43. The maximum Gasteiger partial charge on any atom is 0.189 e. The molecule has 1 heterocycles. The molecule has 1 aliphatic rings. The van der Waals surface area contributed by atoms with Gasteiger partial charge in [-0.2, -0.15) is 0 Å². The third-order valence-corrected chi connectivity index (χ3v) is 4.40. The molecule has 0 aromatic heterocycles. The van der Waals surface area contributed by atoms with Gasteiger partial charge in [-0.05, 0) is 38.0 Å². The minimum atomic E-state index is 0.161. The molecule has 0 fully saturated rings. The highest BCUT2D eigenvalue weighted by Gasteiger charge is 2.21. The Hall–Kier alpha value is -2.69. The Kier molecular flexibility index (Phi) is 6.36. The number of benzene rings is 2. The van der Waals surface area contributed by atoms with Crippen LogP contribution in [0.5, 0.6) is 11.5 Å². The molecule has 138 valence electrons. The van der Waals surface area contributed by atoms with Crippen LogP contribution in [0.2, 0.25) is 0 Å². The topological polar surface area (TPSA) is 68.9 Å². The lowest BCUT2D eigenvalue weighted by molar-refractivity contribution is 0.262. The fraction of sp³-hybridized carbons (Fsp3) is 0.381. The quantitative estimate of drug-likeness (QED) is 0.453. The Morgan fingerprint density at radius 1 is 1.19 bits per heavy atom. The zero-order valence-electron chi connectivity index (χ0n) is 15.3. The molecule has 0 spiro atoms. The van der Waals surface area contributed by atoms with Crippen molar-refractivity contribution in [1.29, 1.82) is 0 Å². The molecular weight excluding hydrogens is 326 g/mol. The van der Waals surface area contributed by atoms with Gasteiger partial charge in [-0.15, -0.1) is 0 Å². The van der Waals surface area contributed by atoms with Crippen molar-refractivity contribution in [2.75, 3.05) is 19.8 Å². The van der Waals surface area contributed by atoms with Gasteiger partial charge in [-0.1, -0.05) is 35.9 Å². The third kappa shape index (κ3) is 5.15. The summed E-state index contributed by atoms with van der Waals surface area (Å²) >= 11 is 0. The van der Waals surface area contributed by atoms with E-state index in [1.165, 1.54) is 5.56 Å². The highest BCUT2D eigenvalue weighted by atomic mass is 16.5. The zero-order valence-corrected chi connectivity index (χ0v) is 15.3. The van der Waals surface area contributed by atoms with Gasteiger partial charge < -0.3 is 20.5 Å². The van der Waals surface area contributed by atoms with Crippen molar-refractivity contribution in [1.82, 2.24) is 5.32 Å². The highest BCUT2D eigenvalue weighted by Crippen LogP contribution is 2.31. The molecule has 2 aromatic carbocycles. The first kappa shape index (κ1) is 18.1. The van der Waals surface area contributed by atoms with Crippen LogP contribution >= 0.6 is 0 Å². The van der Waals surface area contributed by atoms with E-state index < -0.39 is 0 Å². The van der Waals surface area contributed by atoms with Crippen molar-refractivity contribution in [3.8, 4) is 11.5 Å². The molecule has 1 aliphatic heterocycles. The predicted molar refractivity (Wildman–Crippen MR) is 105 cm³/mol. The number of rotatable bonds is 7. The van der Waals surface area contributed by atoms with Crippen molar-refractivity contribution >= 4 is 5.96 Å². The van der Waals surface area contributed by atoms with E-state index in [1.54, 1.807) is 0 Å². The molecule has 0 saturated carbocycles. The van der Waals surface area contributed by atoms with E-state index in [-0.39, 0.29) is 6.04 Å². The van der Waals surface area contributed by atoms with Gasteiger partial charge in [0.2, 0.25) is 0 Å². The number of fused-ring (bicyclic) bond motifs is 1. The number of guanidine groups is 1. The molecule has 5 heteroatoms. The fourth-order valence-corrected chi connectivity index (χ4v) is 2.95. The number of nitrogens with zero attached hydrogens (tertiary/aromatic N) is 1. The van der Waals surface area contributed by atoms with Gasteiger partial charge in [0.15, 0.2) is 5.96 Å². The lowest BCUT2D eigenvalue weighted by Gasteiger charge is -2.26. The number of nitrogens with two attached hydrogens (primary N) is 1. The second-order valence-electron chi connectivity index (χ2n) is 6.51. The summed E-state index contributed by atoms with van der Waals surface area (Å²) in [6, 6.07) is 16.3. The molecular formula is C21H27N3O2. The first-order valence-electron chi connectivity index (χ1n) is 9.20. The molecule has 0 bridgehead atoms. The van der Waals surface area contributed by atoms with E-state index in [0.717, 1.165) is 36.3 Å². The molecule has 0 saturated heterocycles. The van der Waals surface area contributed by atoms with E-state index in [9.17, 15) is 0 Å². The van der Waals surface area contributed by atoms with Gasteiger partial charge in [0, 0.05) is 18.5 Å². The van der Waals surface area contributed by atoms with Crippen molar-refractivity contribution < 1.29 is 9.47 Å². The Labute approximate surface area is 155 Å². The van der Waals surface area contributed by atoms with Crippen LogP contribution in [0.25, 0.3) is 0 Å². The number of aliphatic imine (C=N–C) groups is 1. The van der Waals surface area contributed by atoms with Crippen LogP contribution in [0.15, 0.2) is 53.5 Å². The van der Waals surface area contributed by atoms with Gasteiger partial charge in [-0.3, -0.25) is 4.99 Å². The van der Waals surface area contributed by atoms with E-state index >= 15 is 0 Å². The molecule has 0 radical (unpaired) electrons. The number of hydrogen-bond donors (Lipinski definition) is 2. The second kappa shape index (κ2) is 9.13. The predicted octanol–water partition coefficient (Wildman–Crippen LogP) is 3.58. The van der Waals surface area contributed by atoms with Crippen LogP contribution in [0.3, 0.4) is 0 Å². The first-order chi connectivity index (χ1) is 12.7. The molecule has 1 unspecified atom stereocenters. The van der Waals surface area contributed by atoms with E-state index in [0.29, 0.717) is 25.7 Å². The summed E-state index contributed by atoms with van der Waals surface area (Å²) in [6.07, 6.45) is 2.78. The normalized spacial score (nSPS) is 16.5. The standard InChI is InChI=1S/C21H27N3O2/c1-16-8-10-17(11-9-16)25-14-5-4-13-23-21(22)24-19-12-15-26-20-7-3-2-6-18(19)20/h2-3,6-11,19H,4-5,12-15H2,1H3,(H3,22,23,24). The minimum absolute atomic E-state index is 0.161. The maximum atomic E-state index is 6.05. The lowest BCUT2D eigenvalue weighted by Crippen LogP contribution is -2.37. The summed E-state index contributed by atoms with van der Waals surface area (Å²) in [4.78, 5) is 4.43. The smallest absolute Gasteiger partial charge is 0.189 e. The highest BCUT2D eigenvalue weighted by molar-refractivity contribution is 5.78. The summed E-state index contributed by atoms with van der Waals surface area (Å²) < 4.78 is 11.4. The van der Waals surface area contributed by atoms with Crippen LogP contribution in [-0.4, -0.2) is 25.7 Å². The Balaban J connectivity index is 1.37. The van der Waals surface area contributed by atoms with Gasteiger partial charge in [0.05, 0.1) is 19.3 Å². The third-order valence-electron chi connectivity index (χ3n) is 4.40. The lowest BCUT2D eigenvalue weighted by atomic mass is 10.0. The average molecular weight is 353 g/mol. The molecule has 1 atom stereocenters. The molecule has 0 aliphatic carbocycles. The Bertz CT molecular complexity index is 728. The van der Waals surface area contributed by atoms with E-state index in [1.807, 2.05) is 30.3 Å². The number of aryl methyl sites for hydroxylation is 1. The number of hydrogen-bond acceptors (Lipinski definition) is 3. The maximum absolute atomic E-state index is 6.05. The number of para-hydroxylation sites is 1. The van der Waals surface area contributed by atoms with Crippen LogP contribution in [-0.2, 0) is 0 Å². The molecule has 0 amide bonds. The summed E-state index contributed by atoms with van der Waals surface area (Å²) in [5.74, 6) is 2.34. The van der Waals surface area contributed by atoms with Gasteiger partial charge in [0.1, 0.15) is 11.5 Å². The van der Waals surface area contributed by atoms with Gasteiger partial charge >= 0.3 is 0 Å². The first-order valence-corrected chi connectivity index (χ1v) is 9.20. The Morgan fingerprint density at radius 3 is 2.85 bits per heavy atom. The zero-order chi connectivity index (χ0) is 18.2. The molecule has 5 nitrogen and oxygen atoms in total. The number of ether oxygens (including phenoxy) is 2. The van der Waals surface area contributed by atoms with Crippen LogP contribution in [0, 0.1) is 6.92 Å². The summed E-state index contributed by atoms with van der Waals surface area (Å²) in [6.45, 7) is 4.15. The Morgan fingerprint density at radius 2 is 2.00 bits per heavy atom. The SMILES string of the molecule is Cc1ccc(OCCCCN=C(N)NC2CCOc3ccccc32)cc1. The minimum Gasteiger partial charge on any atom is -0.494 e.